The molecular formula is C18H29NO3. The van der Waals surface area contributed by atoms with Gasteiger partial charge in [-0.05, 0) is 56.0 Å². The minimum Gasteiger partial charge on any atom is -0.493 e. The number of piperidine rings is 1. The first-order valence-corrected chi connectivity index (χ1v) is 8.39. The fourth-order valence-electron chi connectivity index (χ4n) is 2.84. The van der Waals surface area contributed by atoms with E-state index < -0.39 is 0 Å². The zero-order valence-corrected chi connectivity index (χ0v) is 13.9. The van der Waals surface area contributed by atoms with Crippen molar-refractivity contribution in [1.29, 1.82) is 0 Å². The Morgan fingerprint density at radius 1 is 1.23 bits per heavy atom. The topological polar surface area (TPSA) is 41.9 Å². The molecule has 0 bridgehead atoms. The molecule has 1 aromatic rings. The van der Waals surface area contributed by atoms with Crippen molar-refractivity contribution in [2.24, 2.45) is 5.92 Å². The van der Waals surface area contributed by atoms with Gasteiger partial charge in [-0.3, -0.25) is 4.90 Å². The van der Waals surface area contributed by atoms with Gasteiger partial charge >= 0.3 is 0 Å². The third kappa shape index (κ3) is 4.89. The van der Waals surface area contributed by atoms with Crippen LogP contribution < -0.4 is 9.47 Å². The molecule has 0 spiro atoms. The van der Waals surface area contributed by atoms with E-state index in [2.05, 4.69) is 24.0 Å². The summed E-state index contributed by atoms with van der Waals surface area (Å²) in [6.07, 6.45) is 4.37. The average Bonchev–Trinajstić information content (AvgIpc) is 2.57. The first-order valence-electron chi connectivity index (χ1n) is 8.39. The summed E-state index contributed by atoms with van der Waals surface area (Å²) in [6, 6.07) is 6.23. The van der Waals surface area contributed by atoms with Crippen molar-refractivity contribution in [1.82, 2.24) is 4.90 Å². The summed E-state index contributed by atoms with van der Waals surface area (Å²) >= 11 is 0. The van der Waals surface area contributed by atoms with Crippen LogP contribution in [0.3, 0.4) is 0 Å². The summed E-state index contributed by atoms with van der Waals surface area (Å²) in [4.78, 5) is 2.44. The van der Waals surface area contributed by atoms with Crippen LogP contribution in [0.1, 0.15) is 38.2 Å². The summed E-state index contributed by atoms with van der Waals surface area (Å²) in [7, 11) is 1.69. The van der Waals surface area contributed by atoms with Crippen LogP contribution in [-0.2, 0) is 6.54 Å². The van der Waals surface area contributed by atoms with E-state index in [4.69, 9.17) is 9.47 Å². The summed E-state index contributed by atoms with van der Waals surface area (Å²) < 4.78 is 11.2. The first kappa shape index (κ1) is 17.1. The highest BCUT2D eigenvalue weighted by atomic mass is 16.5. The molecule has 1 aliphatic heterocycles. The van der Waals surface area contributed by atoms with E-state index in [0.717, 1.165) is 63.4 Å². The number of methoxy groups -OCH3 is 1. The molecule has 1 heterocycles. The molecular weight excluding hydrogens is 278 g/mol. The molecule has 4 heteroatoms. The summed E-state index contributed by atoms with van der Waals surface area (Å²) in [5.41, 5.74) is 1.25. The molecule has 1 saturated heterocycles. The number of hydrogen-bond acceptors (Lipinski definition) is 4. The van der Waals surface area contributed by atoms with Crippen molar-refractivity contribution in [3.63, 3.8) is 0 Å². The number of aliphatic hydroxyl groups is 1. The van der Waals surface area contributed by atoms with Crippen LogP contribution in [0.15, 0.2) is 18.2 Å². The molecule has 124 valence electrons. The Bertz CT molecular complexity index is 442. The zero-order chi connectivity index (χ0) is 15.8. The largest absolute Gasteiger partial charge is 0.493 e. The Hall–Kier alpha value is -1.26. The van der Waals surface area contributed by atoms with Gasteiger partial charge in [0.1, 0.15) is 0 Å². The predicted octanol–water partition coefficient (Wildman–Crippen LogP) is 3.08. The maximum Gasteiger partial charge on any atom is 0.161 e. The van der Waals surface area contributed by atoms with Gasteiger partial charge in [0.05, 0.1) is 13.7 Å². The molecule has 22 heavy (non-hydrogen) atoms. The Kier molecular flexibility index (Phi) is 7.00. The highest BCUT2D eigenvalue weighted by Crippen LogP contribution is 2.29. The Morgan fingerprint density at radius 3 is 2.64 bits per heavy atom. The van der Waals surface area contributed by atoms with E-state index in [1.165, 1.54) is 5.56 Å². The maximum absolute atomic E-state index is 9.21. The summed E-state index contributed by atoms with van der Waals surface area (Å²) in [5.74, 6) is 2.14. The van der Waals surface area contributed by atoms with Crippen molar-refractivity contribution in [3.05, 3.63) is 23.8 Å². The van der Waals surface area contributed by atoms with Gasteiger partial charge in [-0.15, -0.1) is 0 Å². The minimum absolute atomic E-state index is 0.325. The number of hydrogen-bond donors (Lipinski definition) is 1. The second kappa shape index (κ2) is 9.01. The molecule has 0 aromatic heterocycles. The van der Waals surface area contributed by atoms with Gasteiger partial charge < -0.3 is 14.6 Å². The molecule has 0 amide bonds. The second-order valence-corrected chi connectivity index (χ2v) is 6.09. The molecule has 2 rings (SSSR count). The third-order valence-corrected chi connectivity index (χ3v) is 4.36. The number of benzene rings is 1. The van der Waals surface area contributed by atoms with E-state index in [1.54, 1.807) is 7.11 Å². The normalized spacial score (nSPS) is 16.7. The molecule has 1 N–H and O–H groups in total. The lowest BCUT2D eigenvalue weighted by Crippen LogP contribution is -2.34. The predicted molar refractivity (Wildman–Crippen MR) is 88.5 cm³/mol. The van der Waals surface area contributed by atoms with Crippen molar-refractivity contribution < 1.29 is 14.6 Å². The number of ether oxygens (including phenoxy) is 2. The van der Waals surface area contributed by atoms with E-state index in [9.17, 15) is 5.11 Å². The van der Waals surface area contributed by atoms with E-state index in [1.807, 2.05) is 6.07 Å². The van der Waals surface area contributed by atoms with Crippen LogP contribution in [-0.4, -0.2) is 43.4 Å². The van der Waals surface area contributed by atoms with Crippen LogP contribution in [0.5, 0.6) is 11.5 Å². The highest BCUT2D eigenvalue weighted by Gasteiger charge is 2.18. The Morgan fingerprint density at radius 2 is 2.00 bits per heavy atom. The third-order valence-electron chi connectivity index (χ3n) is 4.36. The summed E-state index contributed by atoms with van der Waals surface area (Å²) in [5, 5.41) is 9.21. The molecule has 0 unspecified atom stereocenters. The standard InChI is InChI=1S/C18H29NO3/c1-3-4-11-22-17-6-5-16(12-18(17)21-2)13-19-9-7-15(14-20)8-10-19/h5-6,12,15,20H,3-4,7-11,13-14H2,1-2H3. The van der Waals surface area contributed by atoms with Gasteiger partial charge in [0, 0.05) is 13.2 Å². The van der Waals surface area contributed by atoms with Gasteiger partial charge in [0.15, 0.2) is 11.5 Å². The van der Waals surface area contributed by atoms with Crippen molar-refractivity contribution in [2.75, 3.05) is 33.4 Å². The molecule has 1 aromatic carbocycles. The smallest absolute Gasteiger partial charge is 0.161 e. The minimum atomic E-state index is 0.325. The monoisotopic (exact) mass is 307 g/mol. The van der Waals surface area contributed by atoms with Crippen LogP contribution in [0, 0.1) is 5.92 Å². The molecule has 0 saturated carbocycles. The first-order chi connectivity index (χ1) is 10.8. The van der Waals surface area contributed by atoms with Crippen LogP contribution in [0.25, 0.3) is 0 Å². The molecule has 1 aliphatic rings. The lowest BCUT2D eigenvalue weighted by molar-refractivity contribution is 0.127. The van der Waals surface area contributed by atoms with Gasteiger partial charge in [0.2, 0.25) is 0 Å². The van der Waals surface area contributed by atoms with E-state index in [-0.39, 0.29) is 0 Å². The maximum atomic E-state index is 9.21. The van der Waals surface area contributed by atoms with E-state index in [0.29, 0.717) is 12.5 Å². The van der Waals surface area contributed by atoms with Gasteiger partial charge in [-0.25, -0.2) is 0 Å². The highest BCUT2D eigenvalue weighted by molar-refractivity contribution is 5.43. The lowest BCUT2D eigenvalue weighted by atomic mass is 9.97. The number of unbranched alkanes of at least 4 members (excludes halogenated alkanes) is 1. The van der Waals surface area contributed by atoms with Crippen LogP contribution in [0.2, 0.25) is 0 Å². The van der Waals surface area contributed by atoms with Crippen LogP contribution in [0.4, 0.5) is 0 Å². The number of aliphatic hydroxyl groups excluding tert-OH is 1. The molecule has 0 aliphatic carbocycles. The summed E-state index contributed by atoms with van der Waals surface area (Å²) in [6.45, 7) is 6.27. The molecule has 0 radical (unpaired) electrons. The fourth-order valence-corrected chi connectivity index (χ4v) is 2.84. The molecule has 1 fully saturated rings. The number of rotatable bonds is 8. The quantitative estimate of drug-likeness (QED) is 0.750. The number of nitrogens with zero attached hydrogens (tertiary/aromatic N) is 1. The van der Waals surface area contributed by atoms with Gasteiger partial charge in [-0.1, -0.05) is 19.4 Å². The SMILES string of the molecule is CCCCOc1ccc(CN2CCC(CO)CC2)cc1OC. The Balaban J connectivity index is 1.91. The lowest BCUT2D eigenvalue weighted by Gasteiger charge is -2.31. The van der Waals surface area contributed by atoms with Gasteiger partial charge in [0.25, 0.3) is 0 Å². The molecule has 0 atom stereocenters. The fraction of sp³-hybridized carbons (Fsp3) is 0.667. The van der Waals surface area contributed by atoms with Crippen molar-refractivity contribution in [3.8, 4) is 11.5 Å². The zero-order valence-electron chi connectivity index (χ0n) is 13.9. The second-order valence-electron chi connectivity index (χ2n) is 6.09. The Labute approximate surface area is 134 Å². The number of likely N-dealkylation sites (tertiary alicyclic amines) is 1. The average molecular weight is 307 g/mol. The molecule has 4 nitrogen and oxygen atoms in total. The van der Waals surface area contributed by atoms with Crippen molar-refractivity contribution >= 4 is 0 Å². The van der Waals surface area contributed by atoms with E-state index >= 15 is 0 Å². The van der Waals surface area contributed by atoms with Crippen LogP contribution >= 0.6 is 0 Å². The van der Waals surface area contributed by atoms with Gasteiger partial charge in [-0.2, -0.15) is 0 Å². The van der Waals surface area contributed by atoms with Crippen molar-refractivity contribution in [2.45, 2.75) is 39.2 Å².